The molecule has 3 aromatic carbocycles. The third kappa shape index (κ3) is 4.53. The van der Waals surface area contributed by atoms with Gasteiger partial charge in [0, 0.05) is 22.7 Å². The molecule has 0 saturated heterocycles. The Morgan fingerprint density at radius 3 is 2.43 bits per heavy atom. The van der Waals surface area contributed by atoms with Gasteiger partial charge in [-0.15, -0.1) is 0 Å². The molecule has 5 nitrogen and oxygen atoms in total. The Balaban J connectivity index is 1.52. The smallest absolute Gasteiger partial charge is 0.277 e. The van der Waals surface area contributed by atoms with Crippen molar-refractivity contribution in [3.8, 4) is 5.75 Å². The van der Waals surface area contributed by atoms with Gasteiger partial charge in [0.1, 0.15) is 12.4 Å². The van der Waals surface area contributed by atoms with Crippen LogP contribution >= 0.6 is 0 Å². The average molecular weight is 400 g/mol. The molecule has 152 valence electrons. The highest BCUT2D eigenvalue weighted by Crippen LogP contribution is 2.24. The van der Waals surface area contributed by atoms with Gasteiger partial charge in [-0.3, -0.25) is 9.63 Å². The zero-order chi connectivity index (χ0) is 20.8. The number of carbonyl (C=O) groups excluding carboxylic acids is 1. The largest absolute Gasteiger partial charge is 0.497 e. The molecule has 5 heteroatoms. The Kier molecular flexibility index (Phi) is 6.11. The van der Waals surface area contributed by atoms with Crippen LogP contribution in [-0.2, 0) is 17.9 Å². The van der Waals surface area contributed by atoms with Gasteiger partial charge < -0.3 is 9.72 Å². The van der Waals surface area contributed by atoms with Crippen molar-refractivity contribution in [1.82, 2.24) is 10.0 Å². The summed E-state index contributed by atoms with van der Waals surface area (Å²) in [6.07, 6.45) is 2.63. The molecule has 4 rings (SSSR count). The minimum Gasteiger partial charge on any atom is -0.497 e. The van der Waals surface area contributed by atoms with Gasteiger partial charge in [-0.25, -0.2) is 5.06 Å². The SMILES string of the molecule is COc1ccc2[nH]cc(CCN(OCc3ccccc3)C(=O)c3ccccc3)c2c1. The summed E-state index contributed by atoms with van der Waals surface area (Å²) in [5.41, 5.74) is 3.77. The van der Waals surface area contributed by atoms with Gasteiger partial charge >= 0.3 is 0 Å². The van der Waals surface area contributed by atoms with E-state index in [0.717, 1.165) is 27.8 Å². The highest BCUT2D eigenvalue weighted by Gasteiger charge is 2.18. The lowest BCUT2D eigenvalue weighted by Crippen LogP contribution is -2.33. The first kappa shape index (κ1) is 19.7. The van der Waals surface area contributed by atoms with Crippen molar-refractivity contribution in [2.24, 2.45) is 0 Å². The number of hydroxylamine groups is 2. The lowest BCUT2D eigenvalue weighted by molar-refractivity contribution is -0.133. The predicted molar refractivity (Wildman–Crippen MR) is 117 cm³/mol. The van der Waals surface area contributed by atoms with Gasteiger partial charge in [0.2, 0.25) is 0 Å². The van der Waals surface area contributed by atoms with Crippen LogP contribution in [0.2, 0.25) is 0 Å². The Hall–Kier alpha value is -3.57. The van der Waals surface area contributed by atoms with Crippen LogP contribution in [0.25, 0.3) is 10.9 Å². The fourth-order valence-electron chi connectivity index (χ4n) is 3.39. The molecule has 1 aromatic heterocycles. The molecule has 4 aromatic rings. The second kappa shape index (κ2) is 9.29. The summed E-state index contributed by atoms with van der Waals surface area (Å²) in [7, 11) is 1.66. The fourth-order valence-corrected chi connectivity index (χ4v) is 3.39. The van der Waals surface area contributed by atoms with Crippen molar-refractivity contribution in [3.05, 3.63) is 102 Å². The normalized spacial score (nSPS) is 10.8. The number of benzene rings is 3. The lowest BCUT2D eigenvalue weighted by atomic mass is 10.1. The number of nitrogens with zero attached hydrogens (tertiary/aromatic N) is 1. The second-order valence-electron chi connectivity index (χ2n) is 7.01. The van der Waals surface area contributed by atoms with Crippen LogP contribution in [0, 0.1) is 0 Å². The van der Waals surface area contributed by atoms with E-state index < -0.39 is 0 Å². The van der Waals surface area contributed by atoms with Crippen molar-refractivity contribution in [2.75, 3.05) is 13.7 Å². The van der Waals surface area contributed by atoms with E-state index in [1.54, 1.807) is 19.2 Å². The molecule has 0 unspecified atom stereocenters. The lowest BCUT2D eigenvalue weighted by Gasteiger charge is -2.22. The van der Waals surface area contributed by atoms with Gasteiger partial charge in [0.15, 0.2) is 0 Å². The second-order valence-corrected chi connectivity index (χ2v) is 7.01. The summed E-state index contributed by atoms with van der Waals surface area (Å²) < 4.78 is 5.35. The van der Waals surface area contributed by atoms with E-state index in [1.165, 1.54) is 5.06 Å². The molecule has 0 fully saturated rings. The third-order valence-electron chi connectivity index (χ3n) is 5.04. The molecule has 0 saturated carbocycles. The molecule has 0 radical (unpaired) electrons. The molecule has 0 atom stereocenters. The van der Waals surface area contributed by atoms with Crippen LogP contribution in [0.1, 0.15) is 21.5 Å². The number of rotatable bonds is 8. The molecular weight excluding hydrogens is 376 g/mol. The number of ether oxygens (including phenoxy) is 1. The number of carbonyl (C=O) groups is 1. The number of aromatic nitrogens is 1. The van der Waals surface area contributed by atoms with Crippen LogP contribution in [-0.4, -0.2) is 29.6 Å². The number of fused-ring (bicyclic) bond motifs is 1. The van der Waals surface area contributed by atoms with Crippen LogP contribution in [0.15, 0.2) is 85.1 Å². The van der Waals surface area contributed by atoms with Crippen LogP contribution in [0.3, 0.4) is 0 Å². The Morgan fingerprint density at radius 1 is 0.967 bits per heavy atom. The summed E-state index contributed by atoms with van der Waals surface area (Å²) in [6.45, 7) is 0.770. The highest BCUT2D eigenvalue weighted by molar-refractivity contribution is 5.93. The van der Waals surface area contributed by atoms with Crippen LogP contribution in [0.5, 0.6) is 5.75 Å². The monoisotopic (exact) mass is 400 g/mol. The number of nitrogens with one attached hydrogen (secondary N) is 1. The van der Waals surface area contributed by atoms with E-state index in [2.05, 4.69) is 4.98 Å². The number of methoxy groups -OCH3 is 1. The van der Waals surface area contributed by atoms with Crippen molar-refractivity contribution in [1.29, 1.82) is 0 Å². The van der Waals surface area contributed by atoms with Gasteiger partial charge in [-0.05, 0) is 47.9 Å². The summed E-state index contributed by atoms with van der Waals surface area (Å²) >= 11 is 0. The molecule has 1 amide bonds. The molecule has 1 N–H and O–H groups in total. The molecule has 0 aliphatic rings. The first-order valence-corrected chi connectivity index (χ1v) is 9.92. The van der Waals surface area contributed by atoms with Crippen molar-refractivity contribution < 1.29 is 14.4 Å². The minimum absolute atomic E-state index is 0.149. The van der Waals surface area contributed by atoms with Crippen LogP contribution < -0.4 is 4.74 Å². The number of aromatic amines is 1. The summed E-state index contributed by atoms with van der Waals surface area (Å²) in [5, 5.41) is 2.55. The third-order valence-corrected chi connectivity index (χ3v) is 5.04. The van der Waals surface area contributed by atoms with Crippen molar-refractivity contribution in [2.45, 2.75) is 13.0 Å². The zero-order valence-electron chi connectivity index (χ0n) is 16.9. The topological polar surface area (TPSA) is 54.6 Å². The predicted octanol–water partition coefficient (Wildman–Crippen LogP) is 4.99. The average Bonchev–Trinajstić information content (AvgIpc) is 3.22. The van der Waals surface area contributed by atoms with E-state index in [-0.39, 0.29) is 5.91 Å². The summed E-state index contributed by atoms with van der Waals surface area (Å²) in [6, 6.07) is 25.0. The minimum atomic E-state index is -0.149. The standard InChI is InChI=1S/C25H24N2O3/c1-29-22-12-13-24-23(16-22)21(17-26-24)14-15-27(25(28)20-10-6-3-7-11-20)30-18-19-8-4-2-5-9-19/h2-13,16-17,26H,14-15,18H2,1H3. The maximum atomic E-state index is 13.1. The molecule has 0 aliphatic carbocycles. The molecule has 0 bridgehead atoms. The first-order valence-electron chi connectivity index (χ1n) is 9.92. The first-order chi connectivity index (χ1) is 14.7. The van der Waals surface area contributed by atoms with Crippen LogP contribution in [0.4, 0.5) is 0 Å². The maximum Gasteiger partial charge on any atom is 0.277 e. The highest BCUT2D eigenvalue weighted by atomic mass is 16.7. The molecule has 30 heavy (non-hydrogen) atoms. The Morgan fingerprint density at radius 2 is 1.70 bits per heavy atom. The zero-order valence-corrected chi connectivity index (χ0v) is 16.9. The maximum absolute atomic E-state index is 13.1. The quantitative estimate of drug-likeness (QED) is 0.424. The van der Waals surface area contributed by atoms with Crippen molar-refractivity contribution in [3.63, 3.8) is 0 Å². The van der Waals surface area contributed by atoms with E-state index in [4.69, 9.17) is 9.57 Å². The molecule has 0 aliphatic heterocycles. The molecular formula is C25H24N2O3. The number of amides is 1. The van der Waals surface area contributed by atoms with Gasteiger partial charge in [0.05, 0.1) is 13.7 Å². The number of hydrogen-bond acceptors (Lipinski definition) is 3. The number of hydrogen-bond donors (Lipinski definition) is 1. The van der Waals surface area contributed by atoms with E-state index in [1.807, 2.05) is 72.9 Å². The van der Waals surface area contributed by atoms with Gasteiger partial charge in [0.25, 0.3) is 5.91 Å². The van der Waals surface area contributed by atoms with E-state index >= 15 is 0 Å². The van der Waals surface area contributed by atoms with E-state index in [0.29, 0.717) is 25.1 Å². The fraction of sp³-hybridized carbons (Fsp3) is 0.160. The van der Waals surface area contributed by atoms with E-state index in [9.17, 15) is 4.79 Å². The van der Waals surface area contributed by atoms with Gasteiger partial charge in [-0.1, -0.05) is 48.5 Å². The Bertz CT molecular complexity index is 1110. The molecule has 0 spiro atoms. The Labute approximate surface area is 175 Å². The van der Waals surface area contributed by atoms with Crippen molar-refractivity contribution >= 4 is 16.8 Å². The molecule has 1 heterocycles. The summed E-state index contributed by atoms with van der Waals surface area (Å²) in [5.74, 6) is 0.657. The number of H-pyrrole nitrogens is 1. The van der Waals surface area contributed by atoms with Gasteiger partial charge in [-0.2, -0.15) is 0 Å². The summed E-state index contributed by atoms with van der Waals surface area (Å²) in [4.78, 5) is 22.3.